The number of alkyl halides is 1. The maximum absolute atomic E-state index is 14.9. The van der Waals surface area contributed by atoms with E-state index >= 15 is 0 Å². The van der Waals surface area contributed by atoms with Crippen LogP contribution in [0, 0.1) is 6.92 Å². The molecule has 134 valence electrons. The molecular formula is C19H21FN6. The van der Waals surface area contributed by atoms with E-state index in [9.17, 15) is 4.39 Å². The third-order valence-corrected chi connectivity index (χ3v) is 4.66. The Kier molecular flexibility index (Phi) is 4.46. The van der Waals surface area contributed by atoms with E-state index in [1.807, 2.05) is 25.1 Å². The average Bonchev–Trinajstić information content (AvgIpc) is 2.67. The molecule has 0 saturated carbocycles. The van der Waals surface area contributed by atoms with Crippen LogP contribution >= 0.6 is 0 Å². The highest BCUT2D eigenvalue weighted by atomic mass is 19.1. The first-order valence-electron chi connectivity index (χ1n) is 8.81. The Hall–Kier alpha value is -2.67. The molecule has 0 amide bonds. The maximum Gasteiger partial charge on any atom is 0.155 e. The van der Waals surface area contributed by atoms with Crippen LogP contribution in [0.3, 0.4) is 0 Å². The smallest absolute Gasteiger partial charge is 0.155 e. The van der Waals surface area contributed by atoms with Crippen molar-refractivity contribution < 1.29 is 4.39 Å². The quantitative estimate of drug-likeness (QED) is 0.752. The summed E-state index contributed by atoms with van der Waals surface area (Å²) in [5.74, 6) is 0.550. The van der Waals surface area contributed by atoms with Gasteiger partial charge in [0.1, 0.15) is 11.2 Å². The van der Waals surface area contributed by atoms with E-state index in [1.165, 1.54) is 0 Å². The standard InChI is InChI=1S/C19H21FN6/c1-13-3-4-14(10-24-13)15-9-16-17(23-8-7-22-16)18(26-15)25-12-19(20)5-2-6-21-11-19/h3-4,7-10,21H,2,5-6,11-12H2,1H3,(H,25,26). The zero-order chi connectivity index (χ0) is 18.0. The Morgan fingerprint density at radius 3 is 2.88 bits per heavy atom. The fourth-order valence-corrected chi connectivity index (χ4v) is 3.19. The van der Waals surface area contributed by atoms with Gasteiger partial charge in [-0.15, -0.1) is 0 Å². The molecule has 2 N–H and O–H groups in total. The number of anilines is 1. The number of hydrogen-bond acceptors (Lipinski definition) is 6. The number of piperidine rings is 1. The van der Waals surface area contributed by atoms with Gasteiger partial charge >= 0.3 is 0 Å². The summed E-state index contributed by atoms with van der Waals surface area (Å²) in [7, 11) is 0. The third-order valence-electron chi connectivity index (χ3n) is 4.66. The van der Waals surface area contributed by atoms with Gasteiger partial charge in [-0.05, 0) is 44.5 Å². The molecule has 0 bridgehead atoms. The van der Waals surface area contributed by atoms with Crippen LogP contribution in [0.15, 0.2) is 36.8 Å². The lowest BCUT2D eigenvalue weighted by Crippen LogP contribution is -2.46. The molecule has 0 radical (unpaired) electrons. The van der Waals surface area contributed by atoms with Crippen molar-refractivity contribution in [3.05, 3.63) is 42.5 Å². The normalized spacial score (nSPS) is 20.2. The van der Waals surface area contributed by atoms with E-state index in [0.29, 0.717) is 24.3 Å². The van der Waals surface area contributed by atoms with Crippen molar-refractivity contribution in [2.45, 2.75) is 25.4 Å². The van der Waals surface area contributed by atoms with Gasteiger partial charge in [0, 0.05) is 36.4 Å². The van der Waals surface area contributed by atoms with Crippen LogP contribution in [0.1, 0.15) is 18.5 Å². The summed E-state index contributed by atoms with van der Waals surface area (Å²) >= 11 is 0. The van der Waals surface area contributed by atoms with Gasteiger partial charge < -0.3 is 10.6 Å². The minimum absolute atomic E-state index is 0.189. The Labute approximate surface area is 151 Å². The van der Waals surface area contributed by atoms with E-state index in [0.717, 1.165) is 35.4 Å². The second kappa shape index (κ2) is 6.92. The van der Waals surface area contributed by atoms with E-state index in [4.69, 9.17) is 0 Å². The summed E-state index contributed by atoms with van der Waals surface area (Å²) in [6, 6.07) is 5.79. The highest BCUT2D eigenvalue weighted by Gasteiger charge is 2.31. The van der Waals surface area contributed by atoms with Crippen molar-refractivity contribution >= 4 is 16.9 Å². The van der Waals surface area contributed by atoms with Crippen molar-refractivity contribution in [2.75, 3.05) is 25.0 Å². The van der Waals surface area contributed by atoms with Crippen molar-refractivity contribution in [2.24, 2.45) is 0 Å². The van der Waals surface area contributed by atoms with Gasteiger partial charge in [-0.3, -0.25) is 9.97 Å². The second-order valence-corrected chi connectivity index (χ2v) is 6.75. The van der Waals surface area contributed by atoms with Crippen LogP contribution in [0.2, 0.25) is 0 Å². The monoisotopic (exact) mass is 352 g/mol. The molecule has 1 atom stereocenters. The fraction of sp³-hybridized carbons (Fsp3) is 0.368. The Balaban J connectivity index is 1.69. The van der Waals surface area contributed by atoms with Crippen molar-refractivity contribution in [1.29, 1.82) is 0 Å². The second-order valence-electron chi connectivity index (χ2n) is 6.75. The molecule has 3 aromatic heterocycles. The molecule has 6 nitrogen and oxygen atoms in total. The molecule has 3 aromatic rings. The van der Waals surface area contributed by atoms with Gasteiger partial charge in [0.2, 0.25) is 0 Å². The van der Waals surface area contributed by atoms with Crippen LogP contribution in [0.25, 0.3) is 22.3 Å². The van der Waals surface area contributed by atoms with Crippen molar-refractivity contribution in [3.63, 3.8) is 0 Å². The van der Waals surface area contributed by atoms with E-state index in [1.54, 1.807) is 18.6 Å². The predicted molar refractivity (Wildman–Crippen MR) is 99.7 cm³/mol. The van der Waals surface area contributed by atoms with Crippen LogP contribution in [0.4, 0.5) is 10.2 Å². The number of nitrogens with zero attached hydrogens (tertiary/aromatic N) is 4. The fourth-order valence-electron chi connectivity index (χ4n) is 3.19. The Morgan fingerprint density at radius 2 is 2.12 bits per heavy atom. The van der Waals surface area contributed by atoms with Crippen LogP contribution in [-0.2, 0) is 0 Å². The third kappa shape index (κ3) is 3.48. The molecule has 4 rings (SSSR count). The Morgan fingerprint density at radius 1 is 1.23 bits per heavy atom. The predicted octanol–water partition coefficient (Wildman–Crippen LogP) is 2.90. The highest BCUT2D eigenvalue weighted by Crippen LogP contribution is 2.27. The summed E-state index contributed by atoms with van der Waals surface area (Å²) in [4.78, 5) is 17.8. The molecule has 1 saturated heterocycles. The summed E-state index contributed by atoms with van der Waals surface area (Å²) in [6.07, 6.45) is 6.42. The van der Waals surface area contributed by atoms with Crippen LogP contribution in [-0.4, -0.2) is 45.2 Å². The van der Waals surface area contributed by atoms with Crippen molar-refractivity contribution in [1.82, 2.24) is 25.3 Å². The molecule has 1 aliphatic rings. The number of fused-ring (bicyclic) bond motifs is 1. The lowest BCUT2D eigenvalue weighted by Gasteiger charge is -2.30. The highest BCUT2D eigenvalue weighted by molar-refractivity contribution is 5.88. The Bertz CT molecular complexity index is 906. The molecule has 26 heavy (non-hydrogen) atoms. The molecule has 1 fully saturated rings. The minimum Gasteiger partial charge on any atom is -0.365 e. The van der Waals surface area contributed by atoms with Gasteiger partial charge in [0.25, 0.3) is 0 Å². The SMILES string of the molecule is Cc1ccc(-c2cc3nccnc3c(NCC3(F)CCCNC3)n2)cn1. The van der Waals surface area contributed by atoms with Gasteiger partial charge in [-0.25, -0.2) is 14.4 Å². The number of nitrogens with one attached hydrogen (secondary N) is 2. The molecule has 0 aliphatic carbocycles. The van der Waals surface area contributed by atoms with Crippen LogP contribution in [0.5, 0.6) is 0 Å². The number of halogens is 1. The van der Waals surface area contributed by atoms with Gasteiger partial charge in [-0.2, -0.15) is 0 Å². The van der Waals surface area contributed by atoms with Crippen molar-refractivity contribution in [3.8, 4) is 11.3 Å². The first kappa shape index (κ1) is 16.8. The molecule has 1 unspecified atom stereocenters. The number of hydrogen-bond donors (Lipinski definition) is 2. The van der Waals surface area contributed by atoms with E-state index < -0.39 is 5.67 Å². The number of pyridine rings is 2. The molecular weight excluding hydrogens is 331 g/mol. The number of aromatic nitrogens is 4. The zero-order valence-corrected chi connectivity index (χ0v) is 14.7. The summed E-state index contributed by atoms with van der Waals surface area (Å²) < 4.78 is 14.9. The van der Waals surface area contributed by atoms with Gasteiger partial charge in [0.05, 0.1) is 17.8 Å². The average molecular weight is 352 g/mol. The number of rotatable bonds is 4. The lowest BCUT2D eigenvalue weighted by atomic mass is 9.96. The summed E-state index contributed by atoms with van der Waals surface area (Å²) in [5, 5.41) is 6.29. The first-order chi connectivity index (χ1) is 12.6. The van der Waals surface area contributed by atoms with E-state index in [-0.39, 0.29) is 6.54 Å². The molecule has 7 heteroatoms. The minimum atomic E-state index is -1.28. The molecule has 0 spiro atoms. The molecule has 4 heterocycles. The number of aryl methyl sites for hydroxylation is 1. The van der Waals surface area contributed by atoms with Gasteiger partial charge in [-0.1, -0.05) is 0 Å². The lowest BCUT2D eigenvalue weighted by molar-refractivity contribution is 0.137. The largest absolute Gasteiger partial charge is 0.365 e. The van der Waals surface area contributed by atoms with Gasteiger partial charge in [0.15, 0.2) is 5.82 Å². The maximum atomic E-state index is 14.9. The zero-order valence-electron chi connectivity index (χ0n) is 14.7. The topological polar surface area (TPSA) is 75.6 Å². The summed E-state index contributed by atoms with van der Waals surface area (Å²) in [6.45, 7) is 3.35. The molecule has 0 aromatic carbocycles. The van der Waals surface area contributed by atoms with E-state index in [2.05, 4.69) is 30.6 Å². The first-order valence-corrected chi connectivity index (χ1v) is 8.81. The van der Waals surface area contributed by atoms with Crippen LogP contribution < -0.4 is 10.6 Å². The molecule has 1 aliphatic heterocycles. The summed E-state index contributed by atoms with van der Waals surface area (Å²) in [5.41, 5.74) is 2.65.